The summed E-state index contributed by atoms with van der Waals surface area (Å²) in [4.78, 5) is 37.6. The second-order valence-electron chi connectivity index (χ2n) is 15.0. The van der Waals surface area contributed by atoms with E-state index >= 15 is 0 Å². The zero-order valence-electron chi connectivity index (χ0n) is 31.3. The molecule has 0 saturated carbocycles. The molecule has 302 valence electrons. The van der Waals surface area contributed by atoms with E-state index in [1.54, 1.807) is 28.3 Å². The number of piperidine rings is 1. The minimum Gasteiger partial charge on any atom is -0.378 e. The van der Waals surface area contributed by atoms with Gasteiger partial charge in [-0.2, -0.15) is 18.2 Å². The van der Waals surface area contributed by atoms with Crippen LogP contribution in [0.15, 0.2) is 67.6 Å². The molecule has 0 unspecified atom stereocenters. The van der Waals surface area contributed by atoms with Crippen molar-refractivity contribution in [1.82, 2.24) is 24.8 Å². The van der Waals surface area contributed by atoms with Crippen LogP contribution >= 0.6 is 0 Å². The van der Waals surface area contributed by atoms with Crippen LogP contribution in [0.4, 0.5) is 46.5 Å². The van der Waals surface area contributed by atoms with Gasteiger partial charge in [0, 0.05) is 87.6 Å². The van der Waals surface area contributed by atoms with E-state index in [-0.39, 0.29) is 43.3 Å². The molecule has 4 atom stereocenters. The van der Waals surface area contributed by atoms with Crippen molar-refractivity contribution in [3.63, 3.8) is 0 Å². The van der Waals surface area contributed by atoms with Crippen LogP contribution in [-0.4, -0.2) is 115 Å². The zero-order chi connectivity index (χ0) is 40.1. The van der Waals surface area contributed by atoms with E-state index in [9.17, 15) is 30.8 Å². The quantitative estimate of drug-likeness (QED) is 0.173. The first-order valence-corrected chi connectivity index (χ1v) is 20.7. The van der Waals surface area contributed by atoms with Crippen molar-refractivity contribution >= 4 is 55.5 Å². The predicted octanol–water partition coefficient (Wildman–Crippen LogP) is 5.33. The number of fused-ring (bicyclic) bond motifs is 1. The van der Waals surface area contributed by atoms with E-state index in [4.69, 9.17) is 9.72 Å². The average molecular weight is 810 g/mol. The van der Waals surface area contributed by atoms with Crippen molar-refractivity contribution in [2.24, 2.45) is 5.92 Å². The van der Waals surface area contributed by atoms with Crippen LogP contribution in [-0.2, 0) is 25.5 Å². The maximum Gasteiger partial charge on any atom is 0.433 e. The third kappa shape index (κ3) is 7.68. The number of nitrogens with zero attached hydrogens (tertiary/aromatic N) is 8. The summed E-state index contributed by atoms with van der Waals surface area (Å²) < 4.78 is 87.0. The molecule has 1 aromatic carbocycles. The number of hydrogen-bond acceptors (Lipinski definition) is 12. The summed E-state index contributed by atoms with van der Waals surface area (Å²) in [7, 11) is -2.00. The highest BCUT2D eigenvalue weighted by Crippen LogP contribution is 2.42. The molecule has 8 rings (SSSR count). The molecule has 0 bridgehead atoms. The Morgan fingerprint density at radius 2 is 1.74 bits per heavy atom. The number of nitrogens with one attached hydrogen (secondary N) is 1. The molecule has 4 aliphatic heterocycles. The van der Waals surface area contributed by atoms with Gasteiger partial charge >= 0.3 is 6.18 Å². The van der Waals surface area contributed by atoms with Crippen molar-refractivity contribution in [3.8, 4) is 0 Å². The summed E-state index contributed by atoms with van der Waals surface area (Å²) >= 11 is 0. The Morgan fingerprint density at radius 3 is 2.49 bits per heavy atom. The van der Waals surface area contributed by atoms with Crippen LogP contribution in [0.25, 0.3) is 10.8 Å². The number of alkyl halides is 4. The highest BCUT2D eigenvalue weighted by atomic mass is 32.2. The fourth-order valence-electron chi connectivity index (χ4n) is 8.59. The van der Waals surface area contributed by atoms with Gasteiger partial charge in [0.15, 0.2) is 9.84 Å². The lowest BCUT2D eigenvalue weighted by Crippen LogP contribution is -2.60. The number of carbonyl (C=O) groups excluding carboxylic acids is 1. The number of methoxy groups -OCH3 is 1. The van der Waals surface area contributed by atoms with Crippen LogP contribution < -0.4 is 20.0 Å². The lowest BCUT2D eigenvalue weighted by atomic mass is 9.91. The lowest BCUT2D eigenvalue weighted by molar-refractivity contribution is -0.141. The molecule has 57 heavy (non-hydrogen) atoms. The van der Waals surface area contributed by atoms with Crippen LogP contribution in [0.1, 0.15) is 36.6 Å². The second kappa shape index (κ2) is 15.3. The molecule has 13 nitrogen and oxygen atoms in total. The average Bonchev–Trinajstić information content (AvgIpc) is 3.67. The van der Waals surface area contributed by atoms with Gasteiger partial charge in [0.05, 0.1) is 29.7 Å². The molecule has 0 aliphatic carbocycles. The smallest absolute Gasteiger partial charge is 0.378 e. The molecule has 7 heterocycles. The van der Waals surface area contributed by atoms with Crippen LogP contribution in [0, 0.1) is 5.92 Å². The number of anilines is 5. The molecule has 4 aromatic rings. The summed E-state index contributed by atoms with van der Waals surface area (Å²) in [6.07, 6.45) is 1.61. The van der Waals surface area contributed by atoms with E-state index in [0.29, 0.717) is 55.9 Å². The van der Waals surface area contributed by atoms with E-state index in [1.807, 2.05) is 23.1 Å². The molecule has 1 amide bonds. The monoisotopic (exact) mass is 809 g/mol. The summed E-state index contributed by atoms with van der Waals surface area (Å²) in [6, 6.07) is 9.85. The maximum absolute atomic E-state index is 14.7. The molecule has 1 N–H and O–H groups in total. The van der Waals surface area contributed by atoms with Gasteiger partial charge in [0.1, 0.15) is 23.5 Å². The van der Waals surface area contributed by atoms with Crippen molar-refractivity contribution in [2.75, 3.05) is 78.7 Å². The van der Waals surface area contributed by atoms with Crippen molar-refractivity contribution in [3.05, 3.63) is 78.9 Å². The molecule has 0 spiro atoms. The van der Waals surface area contributed by atoms with Gasteiger partial charge in [-0.15, -0.1) is 0 Å². The fraction of sp³-hybridized carbons (Fsp3) is 0.462. The zero-order valence-corrected chi connectivity index (χ0v) is 32.1. The fourth-order valence-corrected chi connectivity index (χ4v) is 10.5. The third-order valence-electron chi connectivity index (χ3n) is 11.6. The van der Waals surface area contributed by atoms with Gasteiger partial charge in [-0.25, -0.2) is 22.8 Å². The second-order valence-corrected chi connectivity index (χ2v) is 17.3. The first-order valence-electron chi connectivity index (χ1n) is 18.9. The molecule has 4 aliphatic rings. The normalized spacial score (nSPS) is 24.1. The number of aromatic nitrogens is 4. The largest absolute Gasteiger partial charge is 0.433 e. The summed E-state index contributed by atoms with van der Waals surface area (Å²) in [6.45, 7) is 5.97. The Kier molecular flexibility index (Phi) is 10.4. The summed E-state index contributed by atoms with van der Waals surface area (Å²) in [5.74, 6) is 0.774. The highest BCUT2D eigenvalue weighted by Gasteiger charge is 2.45. The standard InChI is InChI=1S/C39H43F4N9O4S/c1-3-37(53)52-13-4-5-31(52)26-6-7-30(51-20-24(21-51)33-23-49(15-16-57(33,54)55)25-8-11-44-34(17-25)39(41,42)43)28-19-46-36(18-27(26)28)47-35-9-12-45-38(48-35)50-14-10-32(56-2)29(40)22-50/h3,6-9,11-12,17-19,24,29,31-33H,1,4-5,10,13-16,20-23H2,2H3,(H,45,46,47,48)/t29-,31-,32+,33-/m0/s1. The van der Waals surface area contributed by atoms with Crippen LogP contribution in [0.5, 0.6) is 0 Å². The Balaban J connectivity index is 1.06. The lowest BCUT2D eigenvalue weighted by Gasteiger charge is -2.47. The molecule has 18 heteroatoms. The van der Waals surface area contributed by atoms with Crippen molar-refractivity contribution < 1.29 is 35.5 Å². The minimum atomic E-state index is -4.62. The maximum atomic E-state index is 14.7. The minimum absolute atomic E-state index is 0.0812. The SMILES string of the molecule is C=CC(=O)N1CCC[C@H]1c1ccc(N2CC([C@@H]3CN(c4ccnc(C(F)(F)F)c4)CCS3(=O)=O)C2)c2cnc(Nc3ccnc(N4CC[C@@H](OC)[C@@H](F)C4)n3)cc12. The number of halogens is 4. The van der Waals surface area contributed by atoms with Gasteiger partial charge in [-0.05, 0) is 66.6 Å². The Bertz CT molecular complexity index is 2280. The highest BCUT2D eigenvalue weighted by molar-refractivity contribution is 7.92. The van der Waals surface area contributed by atoms with Gasteiger partial charge in [-0.1, -0.05) is 12.6 Å². The van der Waals surface area contributed by atoms with Crippen molar-refractivity contribution in [2.45, 2.75) is 49.0 Å². The number of rotatable bonds is 9. The molecular weight excluding hydrogens is 767 g/mol. The third-order valence-corrected chi connectivity index (χ3v) is 13.8. The predicted molar refractivity (Wildman–Crippen MR) is 208 cm³/mol. The first kappa shape index (κ1) is 38.8. The first-order chi connectivity index (χ1) is 27.3. The van der Waals surface area contributed by atoms with Gasteiger partial charge in [0.2, 0.25) is 11.9 Å². The van der Waals surface area contributed by atoms with Gasteiger partial charge in [-0.3, -0.25) is 9.78 Å². The molecule has 0 radical (unpaired) electrons. The Hall–Kier alpha value is -5.10. The van der Waals surface area contributed by atoms with E-state index in [2.05, 4.69) is 31.7 Å². The number of carbonyl (C=O) groups is 1. The number of sulfone groups is 1. The van der Waals surface area contributed by atoms with E-state index in [0.717, 1.165) is 47.1 Å². The van der Waals surface area contributed by atoms with Crippen LogP contribution in [0.2, 0.25) is 0 Å². The van der Waals surface area contributed by atoms with Crippen molar-refractivity contribution in [1.29, 1.82) is 0 Å². The van der Waals surface area contributed by atoms with E-state index < -0.39 is 39.2 Å². The summed E-state index contributed by atoms with van der Waals surface area (Å²) in [5.41, 5.74) is 1.05. The number of benzene rings is 1. The van der Waals surface area contributed by atoms with E-state index in [1.165, 1.54) is 19.3 Å². The molecule has 3 aromatic heterocycles. The van der Waals surface area contributed by atoms with Gasteiger partial charge in [0.25, 0.3) is 0 Å². The number of ether oxygens (including phenoxy) is 1. The Morgan fingerprint density at radius 1 is 0.930 bits per heavy atom. The number of likely N-dealkylation sites (tertiary alicyclic amines) is 1. The number of pyridine rings is 2. The molecule has 4 fully saturated rings. The number of amides is 1. The Labute approximate surface area is 327 Å². The molecular formula is C39H43F4N9O4S. The number of hydrogen-bond donors (Lipinski definition) is 1. The molecule has 4 saturated heterocycles. The van der Waals surface area contributed by atoms with Gasteiger partial charge < -0.3 is 29.7 Å². The topological polar surface area (TPSA) is 137 Å². The summed E-state index contributed by atoms with van der Waals surface area (Å²) in [5, 5.41) is 4.19. The van der Waals surface area contributed by atoms with Crippen LogP contribution in [0.3, 0.4) is 0 Å².